The van der Waals surface area contributed by atoms with Crippen LogP contribution in [0.1, 0.15) is 12.5 Å². The maximum absolute atomic E-state index is 11.7. The van der Waals surface area contributed by atoms with Crippen LogP contribution in [0, 0.1) is 0 Å². The number of carbonyl (C=O) groups excluding carboxylic acids is 2. The highest BCUT2D eigenvalue weighted by atomic mass is 79.9. The van der Waals surface area contributed by atoms with Crippen LogP contribution in [0.2, 0.25) is 0 Å². The van der Waals surface area contributed by atoms with E-state index in [9.17, 15) is 9.59 Å². The Kier molecular flexibility index (Phi) is 3.28. The number of nitrogens with one attached hydrogen (secondary N) is 2. The van der Waals surface area contributed by atoms with Crippen LogP contribution < -0.4 is 10.6 Å². The van der Waals surface area contributed by atoms with Crippen LogP contribution in [0.4, 0.5) is 0 Å². The minimum Gasteiger partial charge on any atom is -0.339 e. The summed E-state index contributed by atoms with van der Waals surface area (Å²) in [6, 6.07) is 6.99. The first-order valence-corrected chi connectivity index (χ1v) is 5.95. The summed E-state index contributed by atoms with van der Waals surface area (Å²) in [5.74, 6) is -0.476. The molecule has 2 N–H and O–H groups in total. The Labute approximate surface area is 107 Å². The quantitative estimate of drug-likeness (QED) is 0.770. The molecule has 1 aromatic rings. The molecule has 1 aliphatic heterocycles. The average Bonchev–Trinajstić information content (AvgIpc) is 2.29. The van der Waals surface area contributed by atoms with Crippen LogP contribution in [-0.2, 0) is 9.59 Å². The molecule has 0 radical (unpaired) electrons. The third kappa shape index (κ3) is 2.55. The van der Waals surface area contributed by atoms with Gasteiger partial charge in [0.2, 0.25) is 5.91 Å². The normalized spacial score (nSPS) is 22.2. The lowest BCUT2D eigenvalue weighted by atomic mass is 10.1. The molecule has 1 aliphatic rings. The van der Waals surface area contributed by atoms with Crippen molar-refractivity contribution in [2.75, 3.05) is 0 Å². The van der Waals surface area contributed by atoms with Crippen molar-refractivity contribution < 1.29 is 9.59 Å². The minimum absolute atomic E-state index is 0.206. The first kappa shape index (κ1) is 11.9. The van der Waals surface area contributed by atoms with E-state index in [1.54, 1.807) is 13.0 Å². The molecule has 0 spiro atoms. The summed E-state index contributed by atoms with van der Waals surface area (Å²) in [7, 11) is 0. The Morgan fingerprint density at radius 2 is 2.00 bits per heavy atom. The number of rotatable bonds is 1. The van der Waals surface area contributed by atoms with Crippen molar-refractivity contribution in [2.45, 2.75) is 13.0 Å². The van der Waals surface area contributed by atoms with Crippen molar-refractivity contribution in [1.82, 2.24) is 10.6 Å². The number of halogens is 1. The largest absolute Gasteiger partial charge is 0.339 e. The molecule has 5 heteroatoms. The molecular formula is C12H11BrN2O2. The second kappa shape index (κ2) is 4.71. The molecule has 1 saturated heterocycles. The van der Waals surface area contributed by atoms with Crippen molar-refractivity contribution in [2.24, 2.45) is 0 Å². The van der Waals surface area contributed by atoms with E-state index in [0.717, 1.165) is 10.0 Å². The molecule has 2 amide bonds. The van der Waals surface area contributed by atoms with Gasteiger partial charge in [-0.1, -0.05) is 34.1 Å². The SMILES string of the molecule is C[C@@H]1NC(=O)C(=Cc2ccccc2Br)NC1=O. The van der Waals surface area contributed by atoms with Gasteiger partial charge < -0.3 is 10.6 Å². The van der Waals surface area contributed by atoms with Gasteiger partial charge in [-0.25, -0.2) is 0 Å². The Balaban J connectivity index is 2.31. The average molecular weight is 295 g/mol. The molecule has 0 saturated carbocycles. The predicted molar refractivity (Wildman–Crippen MR) is 67.9 cm³/mol. The van der Waals surface area contributed by atoms with Gasteiger partial charge in [-0.2, -0.15) is 0 Å². The van der Waals surface area contributed by atoms with Crippen molar-refractivity contribution in [1.29, 1.82) is 0 Å². The van der Waals surface area contributed by atoms with Gasteiger partial charge in [0, 0.05) is 4.47 Å². The molecule has 17 heavy (non-hydrogen) atoms. The lowest BCUT2D eigenvalue weighted by molar-refractivity contribution is -0.130. The van der Waals surface area contributed by atoms with Crippen molar-refractivity contribution in [3.63, 3.8) is 0 Å². The lowest BCUT2D eigenvalue weighted by Gasteiger charge is -2.22. The van der Waals surface area contributed by atoms with Gasteiger partial charge in [0.05, 0.1) is 0 Å². The lowest BCUT2D eigenvalue weighted by Crippen LogP contribution is -2.53. The molecular weight excluding hydrogens is 284 g/mol. The van der Waals surface area contributed by atoms with E-state index in [1.807, 2.05) is 24.3 Å². The third-order valence-corrected chi connectivity index (χ3v) is 3.17. The smallest absolute Gasteiger partial charge is 0.268 e. The number of benzene rings is 1. The zero-order valence-corrected chi connectivity index (χ0v) is 10.7. The van der Waals surface area contributed by atoms with Gasteiger partial charge in [-0.3, -0.25) is 9.59 Å². The summed E-state index contributed by atoms with van der Waals surface area (Å²) in [6.07, 6.45) is 1.64. The Morgan fingerprint density at radius 1 is 1.29 bits per heavy atom. The van der Waals surface area contributed by atoms with E-state index >= 15 is 0 Å². The standard InChI is InChI=1S/C12H11BrN2O2/c1-7-11(16)15-10(12(17)14-7)6-8-4-2-3-5-9(8)13/h2-7H,1H3,(H,14,17)(H,15,16)/t7-/m0/s1. The van der Waals surface area contributed by atoms with Crippen molar-refractivity contribution >= 4 is 33.8 Å². The number of carbonyl (C=O) groups is 2. The Hall–Kier alpha value is -1.62. The number of piperazine rings is 1. The van der Waals surface area contributed by atoms with Gasteiger partial charge in [-0.15, -0.1) is 0 Å². The molecule has 1 fully saturated rings. The maximum atomic E-state index is 11.7. The van der Waals surface area contributed by atoms with Crippen LogP contribution in [0.5, 0.6) is 0 Å². The summed E-state index contributed by atoms with van der Waals surface area (Å²) in [5, 5.41) is 5.17. The number of hydrogen-bond donors (Lipinski definition) is 2. The van der Waals surface area contributed by atoms with Gasteiger partial charge in [0.25, 0.3) is 5.91 Å². The van der Waals surface area contributed by atoms with Crippen LogP contribution in [0.25, 0.3) is 6.08 Å². The van der Waals surface area contributed by atoms with E-state index < -0.39 is 6.04 Å². The summed E-state index contributed by atoms with van der Waals surface area (Å²) < 4.78 is 0.869. The van der Waals surface area contributed by atoms with E-state index in [1.165, 1.54) is 0 Å². The molecule has 1 heterocycles. The molecule has 0 unspecified atom stereocenters. The van der Waals surface area contributed by atoms with E-state index in [2.05, 4.69) is 26.6 Å². The molecule has 4 nitrogen and oxygen atoms in total. The Morgan fingerprint density at radius 3 is 2.71 bits per heavy atom. The van der Waals surface area contributed by atoms with Gasteiger partial charge in [0.15, 0.2) is 0 Å². The molecule has 0 bridgehead atoms. The highest BCUT2D eigenvalue weighted by Crippen LogP contribution is 2.19. The van der Waals surface area contributed by atoms with Crippen LogP contribution in [-0.4, -0.2) is 17.9 Å². The fraction of sp³-hybridized carbons (Fsp3) is 0.167. The van der Waals surface area contributed by atoms with E-state index in [0.29, 0.717) is 0 Å². The molecule has 2 rings (SSSR count). The summed E-state index contributed by atoms with van der Waals surface area (Å²) >= 11 is 3.38. The molecule has 1 atom stereocenters. The monoisotopic (exact) mass is 294 g/mol. The first-order chi connectivity index (χ1) is 8.08. The predicted octanol–water partition coefficient (Wildman–Crippen LogP) is 1.42. The van der Waals surface area contributed by atoms with E-state index in [4.69, 9.17) is 0 Å². The zero-order valence-electron chi connectivity index (χ0n) is 9.16. The van der Waals surface area contributed by atoms with Gasteiger partial charge >= 0.3 is 0 Å². The van der Waals surface area contributed by atoms with Crippen LogP contribution >= 0.6 is 15.9 Å². The van der Waals surface area contributed by atoms with Crippen molar-refractivity contribution in [3.8, 4) is 0 Å². The minimum atomic E-state index is -0.487. The third-order valence-electron chi connectivity index (χ3n) is 2.45. The highest BCUT2D eigenvalue weighted by molar-refractivity contribution is 9.10. The van der Waals surface area contributed by atoms with Crippen LogP contribution in [0.3, 0.4) is 0 Å². The second-order valence-corrected chi connectivity index (χ2v) is 4.62. The van der Waals surface area contributed by atoms with Crippen molar-refractivity contribution in [3.05, 3.63) is 40.0 Å². The van der Waals surface area contributed by atoms with Gasteiger partial charge in [-0.05, 0) is 24.6 Å². The van der Waals surface area contributed by atoms with Crippen LogP contribution in [0.15, 0.2) is 34.4 Å². The fourth-order valence-corrected chi connectivity index (χ4v) is 1.89. The summed E-state index contributed by atoms with van der Waals surface area (Å²) in [4.78, 5) is 23.1. The maximum Gasteiger partial charge on any atom is 0.268 e. The highest BCUT2D eigenvalue weighted by Gasteiger charge is 2.25. The number of amides is 2. The molecule has 88 valence electrons. The second-order valence-electron chi connectivity index (χ2n) is 3.76. The van der Waals surface area contributed by atoms with E-state index in [-0.39, 0.29) is 17.5 Å². The zero-order chi connectivity index (χ0) is 12.4. The molecule has 0 aromatic heterocycles. The summed E-state index contributed by atoms with van der Waals surface area (Å²) in [5.41, 5.74) is 1.10. The molecule has 0 aliphatic carbocycles. The number of hydrogen-bond acceptors (Lipinski definition) is 2. The first-order valence-electron chi connectivity index (χ1n) is 5.16. The fourth-order valence-electron chi connectivity index (χ4n) is 1.49. The van der Waals surface area contributed by atoms with Gasteiger partial charge in [0.1, 0.15) is 11.7 Å². The Bertz CT molecular complexity index is 511. The topological polar surface area (TPSA) is 58.2 Å². The molecule has 1 aromatic carbocycles. The summed E-state index contributed by atoms with van der Waals surface area (Å²) in [6.45, 7) is 1.64.